The number of rotatable bonds is 4. The summed E-state index contributed by atoms with van der Waals surface area (Å²) >= 11 is 0. The predicted molar refractivity (Wildman–Crippen MR) is 201 cm³/mol. The van der Waals surface area contributed by atoms with E-state index in [1.807, 2.05) is 24.3 Å². The summed E-state index contributed by atoms with van der Waals surface area (Å²) in [6, 6.07) is 50.7. The van der Waals surface area contributed by atoms with Crippen molar-refractivity contribution < 1.29 is 21.1 Å². The van der Waals surface area contributed by atoms with Crippen LogP contribution in [0.5, 0.6) is 0 Å². The number of hydrogen-bond donors (Lipinski definition) is 2. The van der Waals surface area contributed by atoms with E-state index in [9.17, 15) is 0 Å². The Bertz CT molecular complexity index is 2180. The third-order valence-electron chi connectivity index (χ3n) is 9.00. The Labute approximate surface area is 298 Å². The van der Waals surface area contributed by atoms with Gasteiger partial charge in [0, 0.05) is 65.4 Å². The van der Waals surface area contributed by atoms with Crippen LogP contribution in [0.25, 0.3) is 90.9 Å². The first-order valence-electron chi connectivity index (χ1n) is 16.2. The van der Waals surface area contributed by atoms with Crippen molar-refractivity contribution in [1.82, 2.24) is 19.9 Å². The molecule has 7 aromatic rings. The predicted octanol–water partition coefficient (Wildman–Crippen LogP) is 11.3. The molecule has 8 bridgehead atoms. The first kappa shape index (κ1) is 30.5. The molecule has 5 heteroatoms. The third kappa shape index (κ3) is 5.61. The van der Waals surface area contributed by atoms with Gasteiger partial charge in [0.05, 0.1) is 22.8 Å². The van der Waals surface area contributed by atoms with Gasteiger partial charge in [0.25, 0.3) is 0 Å². The SMILES string of the molecule is C1=Cc2nc1c(-c1ccccc1)c1ccc([nH]1)c(-c1ccccc1)c1nc(c(-c3ccccc3)c3ccc([nH]3)c2-c2ccccc2)C=C1.[Mo]. The summed E-state index contributed by atoms with van der Waals surface area (Å²) < 4.78 is 0. The first-order valence-corrected chi connectivity index (χ1v) is 16.2. The Kier molecular flexibility index (Phi) is 8.09. The zero-order valence-corrected chi connectivity index (χ0v) is 28.5. The molecule has 0 aliphatic carbocycles. The number of nitrogens with zero attached hydrogens (tertiary/aromatic N) is 2. The summed E-state index contributed by atoms with van der Waals surface area (Å²) in [5, 5.41) is 0. The van der Waals surface area contributed by atoms with E-state index >= 15 is 0 Å². The van der Waals surface area contributed by atoms with Crippen LogP contribution >= 0.6 is 0 Å². The number of aromatic nitrogens is 4. The molecular formula is C44H30MoN4. The van der Waals surface area contributed by atoms with Gasteiger partial charge in [-0.15, -0.1) is 0 Å². The number of fused-ring (bicyclic) bond motifs is 8. The van der Waals surface area contributed by atoms with Crippen LogP contribution in [0, 0.1) is 0 Å². The molecule has 9 rings (SSSR count). The first-order chi connectivity index (χ1) is 23.8. The average Bonchev–Trinajstić information content (AvgIpc) is 3.98. The molecular weight excluding hydrogens is 680 g/mol. The fourth-order valence-corrected chi connectivity index (χ4v) is 6.84. The van der Waals surface area contributed by atoms with Gasteiger partial charge in [-0.25, -0.2) is 9.97 Å². The summed E-state index contributed by atoms with van der Waals surface area (Å²) in [5.74, 6) is 0. The molecule has 2 N–H and O–H groups in total. The zero-order chi connectivity index (χ0) is 31.9. The Hall–Kier alpha value is -5.83. The average molecular weight is 711 g/mol. The van der Waals surface area contributed by atoms with Gasteiger partial charge in [-0.3, -0.25) is 0 Å². The molecule has 0 unspecified atom stereocenters. The van der Waals surface area contributed by atoms with E-state index in [4.69, 9.17) is 9.97 Å². The van der Waals surface area contributed by atoms with Crippen molar-refractivity contribution >= 4 is 46.4 Å². The molecule has 0 fully saturated rings. The van der Waals surface area contributed by atoms with Crippen LogP contribution < -0.4 is 0 Å². The number of benzene rings is 4. The van der Waals surface area contributed by atoms with Crippen LogP contribution in [-0.2, 0) is 21.1 Å². The Balaban J connectivity index is 0.00000348. The quantitative estimate of drug-likeness (QED) is 0.179. The van der Waals surface area contributed by atoms with Gasteiger partial charge in [0.1, 0.15) is 0 Å². The smallest absolute Gasteiger partial charge is 0.0737 e. The van der Waals surface area contributed by atoms with E-state index < -0.39 is 0 Å². The normalized spacial score (nSPS) is 11.8. The minimum atomic E-state index is 0. The van der Waals surface area contributed by atoms with E-state index in [1.165, 1.54) is 0 Å². The molecule has 0 radical (unpaired) electrons. The van der Waals surface area contributed by atoms with Gasteiger partial charge >= 0.3 is 0 Å². The molecule has 0 spiro atoms. The fourth-order valence-electron chi connectivity index (χ4n) is 6.84. The maximum Gasteiger partial charge on any atom is 0.0737 e. The van der Waals surface area contributed by atoms with Crippen molar-refractivity contribution in [2.24, 2.45) is 0 Å². The van der Waals surface area contributed by atoms with Crippen LogP contribution in [0.1, 0.15) is 22.8 Å². The van der Waals surface area contributed by atoms with Gasteiger partial charge in [0.2, 0.25) is 0 Å². The van der Waals surface area contributed by atoms with Crippen molar-refractivity contribution in [3.05, 3.63) is 168 Å². The Morgan fingerprint density at radius 2 is 0.510 bits per heavy atom. The summed E-state index contributed by atoms with van der Waals surface area (Å²) in [6.07, 6.45) is 8.54. The van der Waals surface area contributed by atoms with Crippen LogP contribution in [-0.4, -0.2) is 19.9 Å². The Morgan fingerprint density at radius 1 is 0.286 bits per heavy atom. The summed E-state index contributed by atoms with van der Waals surface area (Å²) in [4.78, 5) is 18.3. The molecule has 0 saturated carbocycles. The summed E-state index contributed by atoms with van der Waals surface area (Å²) in [5.41, 5.74) is 16.2. The molecule has 4 nitrogen and oxygen atoms in total. The van der Waals surface area contributed by atoms with Crippen molar-refractivity contribution in [3.8, 4) is 44.5 Å². The molecule has 2 aliphatic rings. The van der Waals surface area contributed by atoms with Crippen molar-refractivity contribution in [2.45, 2.75) is 0 Å². The topological polar surface area (TPSA) is 57.4 Å². The van der Waals surface area contributed by atoms with Gasteiger partial charge in [0.15, 0.2) is 0 Å². The van der Waals surface area contributed by atoms with E-state index in [0.29, 0.717) is 0 Å². The second-order valence-corrected chi connectivity index (χ2v) is 12.0. The third-order valence-corrected chi connectivity index (χ3v) is 9.00. The van der Waals surface area contributed by atoms with Crippen LogP contribution in [0.15, 0.2) is 146 Å². The number of hydrogen-bond acceptors (Lipinski definition) is 2. The largest absolute Gasteiger partial charge is 0.354 e. The van der Waals surface area contributed by atoms with E-state index in [-0.39, 0.29) is 21.1 Å². The minimum absolute atomic E-state index is 0. The zero-order valence-electron chi connectivity index (χ0n) is 26.5. The number of nitrogens with one attached hydrogen (secondary N) is 2. The van der Waals surface area contributed by atoms with Crippen molar-refractivity contribution in [2.75, 3.05) is 0 Å². The second kappa shape index (κ2) is 13.0. The fraction of sp³-hybridized carbons (Fsp3) is 0. The molecule has 0 atom stereocenters. The minimum Gasteiger partial charge on any atom is -0.354 e. The van der Waals surface area contributed by atoms with Gasteiger partial charge in [-0.2, -0.15) is 0 Å². The van der Waals surface area contributed by atoms with Crippen molar-refractivity contribution in [1.29, 1.82) is 0 Å². The van der Waals surface area contributed by atoms with E-state index in [1.54, 1.807) is 0 Å². The van der Waals surface area contributed by atoms with Crippen LogP contribution in [0.3, 0.4) is 0 Å². The maximum atomic E-state index is 5.35. The molecule has 2 aliphatic heterocycles. The van der Waals surface area contributed by atoms with Gasteiger partial charge < -0.3 is 9.97 Å². The molecule has 49 heavy (non-hydrogen) atoms. The van der Waals surface area contributed by atoms with E-state index in [2.05, 4.69) is 156 Å². The summed E-state index contributed by atoms with van der Waals surface area (Å²) in [6.45, 7) is 0. The Morgan fingerprint density at radius 3 is 0.735 bits per heavy atom. The second-order valence-electron chi connectivity index (χ2n) is 12.0. The monoisotopic (exact) mass is 712 g/mol. The van der Waals surface area contributed by atoms with Crippen LogP contribution in [0.4, 0.5) is 0 Å². The van der Waals surface area contributed by atoms with E-state index in [0.717, 1.165) is 89.4 Å². The van der Waals surface area contributed by atoms with Gasteiger partial charge in [-0.1, -0.05) is 121 Å². The molecule has 0 amide bonds. The van der Waals surface area contributed by atoms with Gasteiger partial charge in [-0.05, 0) is 70.8 Å². The summed E-state index contributed by atoms with van der Waals surface area (Å²) in [7, 11) is 0. The number of aromatic amines is 2. The number of H-pyrrole nitrogens is 2. The standard InChI is InChI=1S/C44H30N4.Mo/c1-5-13-29(14-6-1)41-33-21-23-35(45-33)42(30-15-7-2-8-16-30)37-25-27-39(47-37)44(32-19-11-4-12-20-32)40-28-26-38(48-40)43(31-17-9-3-10-18-31)36-24-22-34(41)46-36;/h1-28,45,48H;. The van der Waals surface area contributed by atoms with Crippen LogP contribution in [0.2, 0.25) is 0 Å². The molecule has 3 aromatic heterocycles. The molecule has 4 aromatic carbocycles. The molecule has 232 valence electrons. The maximum absolute atomic E-state index is 5.35. The molecule has 5 heterocycles. The van der Waals surface area contributed by atoms with Crippen molar-refractivity contribution in [3.63, 3.8) is 0 Å². The molecule has 0 saturated heterocycles.